The van der Waals surface area contributed by atoms with E-state index in [1.807, 2.05) is 6.92 Å². The highest BCUT2D eigenvalue weighted by molar-refractivity contribution is 5.92. The Hall–Kier alpha value is -1.53. The number of aliphatic hydroxyl groups is 1. The van der Waals surface area contributed by atoms with Crippen LogP contribution < -0.4 is 5.32 Å². The van der Waals surface area contributed by atoms with Gasteiger partial charge in [0.15, 0.2) is 0 Å². The van der Waals surface area contributed by atoms with Crippen LogP contribution in [-0.4, -0.2) is 46.3 Å². The molecule has 1 aromatic rings. The number of amides is 1. The minimum atomic E-state index is -0.680. The van der Waals surface area contributed by atoms with Gasteiger partial charge in [0.1, 0.15) is 11.8 Å². The number of carbonyl (C=O) groups excluding carboxylic acids is 1. The predicted molar refractivity (Wildman–Crippen MR) is 68.7 cm³/mol. The molecule has 1 saturated carbocycles. The Morgan fingerprint density at radius 2 is 2.21 bits per heavy atom. The van der Waals surface area contributed by atoms with Crippen LogP contribution >= 0.6 is 0 Å². The third kappa shape index (κ3) is 3.27. The smallest absolute Gasteiger partial charge is 0.271 e. The number of hydrogen-bond acceptors (Lipinski definition) is 5. The maximum absolute atomic E-state index is 12.0. The minimum Gasteiger partial charge on any atom is -0.388 e. The lowest BCUT2D eigenvalue weighted by Gasteiger charge is -2.34. The molecule has 19 heavy (non-hydrogen) atoms. The second-order valence-corrected chi connectivity index (χ2v) is 4.82. The third-order valence-electron chi connectivity index (χ3n) is 3.43. The lowest BCUT2D eigenvalue weighted by atomic mass is 9.90. The number of nitrogens with zero attached hydrogens (tertiary/aromatic N) is 2. The van der Waals surface area contributed by atoms with Gasteiger partial charge in [0.25, 0.3) is 5.91 Å². The molecule has 104 valence electrons. The summed E-state index contributed by atoms with van der Waals surface area (Å²) in [5.74, 6) is -0.312. The van der Waals surface area contributed by atoms with Crippen LogP contribution in [0.25, 0.3) is 0 Å². The Labute approximate surface area is 112 Å². The monoisotopic (exact) mass is 265 g/mol. The number of aryl methyl sites for hydroxylation is 1. The fraction of sp³-hybridized carbons (Fsp3) is 0.615. The van der Waals surface area contributed by atoms with Crippen LogP contribution in [0.5, 0.6) is 0 Å². The molecule has 0 unspecified atom stereocenters. The van der Waals surface area contributed by atoms with E-state index < -0.39 is 6.10 Å². The first-order chi connectivity index (χ1) is 9.11. The van der Waals surface area contributed by atoms with Gasteiger partial charge in [-0.1, -0.05) is 0 Å². The van der Waals surface area contributed by atoms with Crippen molar-refractivity contribution in [3.8, 4) is 0 Å². The van der Waals surface area contributed by atoms with Gasteiger partial charge in [0.05, 0.1) is 24.0 Å². The molecule has 0 spiro atoms. The first-order valence-corrected chi connectivity index (χ1v) is 6.42. The Morgan fingerprint density at radius 1 is 1.42 bits per heavy atom. The molecule has 2 N–H and O–H groups in total. The Kier molecular flexibility index (Phi) is 4.44. The maximum atomic E-state index is 12.0. The molecule has 1 amide bonds. The van der Waals surface area contributed by atoms with E-state index in [1.54, 1.807) is 13.3 Å². The summed E-state index contributed by atoms with van der Waals surface area (Å²) in [7, 11) is 1.57. The maximum Gasteiger partial charge on any atom is 0.271 e. The van der Waals surface area contributed by atoms with Gasteiger partial charge in [0, 0.05) is 13.3 Å². The summed E-state index contributed by atoms with van der Waals surface area (Å²) >= 11 is 0. The topological polar surface area (TPSA) is 84.3 Å². The van der Waals surface area contributed by atoms with Crippen molar-refractivity contribution in [2.24, 2.45) is 0 Å². The number of ether oxygens (including phenoxy) is 1. The molecule has 0 bridgehead atoms. The van der Waals surface area contributed by atoms with E-state index in [0.29, 0.717) is 0 Å². The molecule has 6 heteroatoms. The van der Waals surface area contributed by atoms with Crippen LogP contribution in [0.1, 0.15) is 35.4 Å². The Morgan fingerprint density at radius 3 is 2.84 bits per heavy atom. The molecule has 0 aliphatic heterocycles. The van der Waals surface area contributed by atoms with Crippen LogP contribution in [0.15, 0.2) is 12.4 Å². The van der Waals surface area contributed by atoms with Crippen molar-refractivity contribution in [3.05, 3.63) is 23.8 Å². The van der Waals surface area contributed by atoms with Gasteiger partial charge in [-0.05, 0) is 26.2 Å². The Balaban J connectivity index is 2.00. The fourth-order valence-electron chi connectivity index (χ4n) is 2.31. The van der Waals surface area contributed by atoms with Gasteiger partial charge in [0.2, 0.25) is 0 Å². The van der Waals surface area contributed by atoms with Crippen molar-refractivity contribution in [1.29, 1.82) is 0 Å². The third-order valence-corrected chi connectivity index (χ3v) is 3.43. The van der Waals surface area contributed by atoms with Gasteiger partial charge in [-0.15, -0.1) is 0 Å². The molecule has 0 radical (unpaired) electrons. The van der Waals surface area contributed by atoms with E-state index in [-0.39, 0.29) is 23.7 Å². The second-order valence-electron chi connectivity index (χ2n) is 4.82. The Bertz CT molecular complexity index is 435. The molecule has 2 rings (SSSR count). The average molecular weight is 265 g/mol. The van der Waals surface area contributed by atoms with Crippen molar-refractivity contribution in [2.45, 2.75) is 44.4 Å². The number of methoxy groups -OCH3 is 1. The van der Waals surface area contributed by atoms with Gasteiger partial charge in [-0.25, -0.2) is 4.98 Å². The van der Waals surface area contributed by atoms with Crippen molar-refractivity contribution in [2.75, 3.05) is 7.11 Å². The van der Waals surface area contributed by atoms with Crippen molar-refractivity contribution in [3.63, 3.8) is 0 Å². The van der Waals surface area contributed by atoms with Crippen molar-refractivity contribution < 1.29 is 14.6 Å². The molecule has 1 aromatic heterocycles. The number of nitrogens with one attached hydrogen (secondary N) is 1. The van der Waals surface area contributed by atoms with Crippen LogP contribution in [0, 0.1) is 6.92 Å². The summed E-state index contributed by atoms with van der Waals surface area (Å²) in [6.45, 7) is 1.81. The second kappa shape index (κ2) is 6.08. The zero-order valence-corrected chi connectivity index (χ0v) is 11.2. The SMILES string of the molecule is CO[C@@H]1CCC[C@@H](NC(=O)c2cnc(C)cn2)[C@H]1O. The summed E-state index contributed by atoms with van der Waals surface area (Å²) in [5, 5.41) is 12.9. The summed E-state index contributed by atoms with van der Waals surface area (Å²) in [4.78, 5) is 20.1. The standard InChI is InChI=1S/C13H19N3O3/c1-8-6-15-10(7-14-8)13(18)16-9-4-3-5-11(19-2)12(9)17/h6-7,9,11-12,17H,3-5H2,1-2H3,(H,16,18)/t9-,11-,12-/m1/s1. The van der Waals surface area contributed by atoms with E-state index in [2.05, 4.69) is 15.3 Å². The highest BCUT2D eigenvalue weighted by Crippen LogP contribution is 2.21. The summed E-state index contributed by atoms with van der Waals surface area (Å²) in [6, 6.07) is -0.297. The minimum absolute atomic E-state index is 0.219. The molecule has 1 fully saturated rings. The normalized spacial score (nSPS) is 27.0. The number of aromatic nitrogens is 2. The van der Waals surface area contributed by atoms with Gasteiger partial charge in [-0.3, -0.25) is 9.78 Å². The molecule has 1 aliphatic rings. The number of aliphatic hydroxyl groups excluding tert-OH is 1. The molecule has 6 nitrogen and oxygen atoms in total. The number of carbonyl (C=O) groups is 1. The predicted octanol–water partition coefficient (Wildman–Crippen LogP) is 0.443. The molecule has 3 atom stereocenters. The quantitative estimate of drug-likeness (QED) is 0.828. The van der Waals surface area contributed by atoms with Crippen LogP contribution in [0.2, 0.25) is 0 Å². The van der Waals surface area contributed by atoms with E-state index in [4.69, 9.17) is 4.74 Å². The lowest BCUT2D eigenvalue weighted by molar-refractivity contribution is -0.0513. The number of hydrogen-bond donors (Lipinski definition) is 2. The van der Waals surface area contributed by atoms with E-state index in [9.17, 15) is 9.90 Å². The van der Waals surface area contributed by atoms with Crippen LogP contribution in [0.3, 0.4) is 0 Å². The first-order valence-electron chi connectivity index (χ1n) is 6.42. The molecule has 0 saturated heterocycles. The number of rotatable bonds is 3. The highest BCUT2D eigenvalue weighted by Gasteiger charge is 2.33. The van der Waals surface area contributed by atoms with Crippen molar-refractivity contribution >= 4 is 5.91 Å². The lowest BCUT2D eigenvalue weighted by Crippen LogP contribution is -2.51. The highest BCUT2D eigenvalue weighted by atomic mass is 16.5. The summed E-state index contributed by atoms with van der Waals surface area (Å²) in [5.41, 5.74) is 1.02. The molecular weight excluding hydrogens is 246 g/mol. The first kappa shape index (κ1) is 13.9. The largest absolute Gasteiger partial charge is 0.388 e. The summed E-state index contributed by atoms with van der Waals surface area (Å²) in [6.07, 6.45) is 4.56. The summed E-state index contributed by atoms with van der Waals surface area (Å²) < 4.78 is 5.21. The average Bonchev–Trinajstić information content (AvgIpc) is 2.42. The van der Waals surface area contributed by atoms with Crippen LogP contribution in [-0.2, 0) is 4.74 Å². The van der Waals surface area contributed by atoms with Crippen LogP contribution in [0.4, 0.5) is 0 Å². The van der Waals surface area contributed by atoms with Gasteiger partial charge >= 0.3 is 0 Å². The molecule has 1 heterocycles. The molecular formula is C13H19N3O3. The fourth-order valence-corrected chi connectivity index (χ4v) is 2.31. The van der Waals surface area contributed by atoms with Crippen molar-refractivity contribution in [1.82, 2.24) is 15.3 Å². The van der Waals surface area contributed by atoms with Gasteiger partial charge in [-0.2, -0.15) is 0 Å². The zero-order valence-electron chi connectivity index (χ0n) is 11.2. The van der Waals surface area contributed by atoms with E-state index in [1.165, 1.54) is 6.20 Å². The molecule has 0 aromatic carbocycles. The van der Waals surface area contributed by atoms with Gasteiger partial charge < -0.3 is 15.2 Å². The zero-order chi connectivity index (χ0) is 13.8. The van der Waals surface area contributed by atoms with E-state index >= 15 is 0 Å². The van der Waals surface area contributed by atoms with E-state index in [0.717, 1.165) is 25.0 Å². The molecule has 1 aliphatic carbocycles.